The summed E-state index contributed by atoms with van der Waals surface area (Å²) in [6, 6.07) is 2.63. The maximum absolute atomic E-state index is 12.9. The van der Waals surface area contributed by atoms with Crippen molar-refractivity contribution in [2.45, 2.75) is 45.7 Å². The SMILES string of the molecule is CCCc1nc(C(C)C)cc(C(F)(F)F)c1C#N. The first-order chi connectivity index (χ1) is 8.31. The van der Waals surface area contributed by atoms with E-state index in [1.165, 1.54) is 0 Å². The van der Waals surface area contributed by atoms with E-state index in [2.05, 4.69) is 4.98 Å². The Morgan fingerprint density at radius 2 is 2.00 bits per heavy atom. The van der Waals surface area contributed by atoms with Gasteiger partial charge in [0, 0.05) is 5.69 Å². The minimum Gasteiger partial charge on any atom is -0.256 e. The molecule has 0 N–H and O–H groups in total. The molecule has 1 aromatic heterocycles. The number of nitrogens with zero attached hydrogens (tertiary/aromatic N) is 2. The Kier molecular flexibility index (Phi) is 4.33. The van der Waals surface area contributed by atoms with E-state index < -0.39 is 11.7 Å². The van der Waals surface area contributed by atoms with Gasteiger partial charge in [-0.25, -0.2) is 0 Å². The molecule has 0 atom stereocenters. The van der Waals surface area contributed by atoms with Crippen LogP contribution in [0.1, 0.15) is 55.6 Å². The van der Waals surface area contributed by atoms with E-state index in [-0.39, 0.29) is 17.2 Å². The van der Waals surface area contributed by atoms with Crippen molar-refractivity contribution in [3.8, 4) is 6.07 Å². The predicted molar refractivity (Wildman–Crippen MR) is 62.0 cm³/mol. The van der Waals surface area contributed by atoms with Gasteiger partial charge in [0.05, 0.1) is 16.8 Å². The summed E-state index contributed by atoms with van der Waals surface area (Å²) in [5, 5.41) is 8.93. The van der Waals surface area contributed by atoms with E-state index in [1.807, 2.05) is 6.92 Å². The maximum atomic E-state index is 12.9. The third-order valence-electron chi connectivity index (χ3n) is 2.61. The van der Waals surface area contributed by atoms with Crippen molar-refractivity contribution in [1.29, 1.82) is 5.26 Å². The van der Waals surface area contributed by atoms with Gasteiger partial charge in [0.2, 0.25) is 0 Å². The van der Waals surface area contributed by atoms with Crippen molar-refractivity contribution in [3.05, 3.63) is 28.6 Å². The zero-order chi connectivity index (χ0) is 13.9. The molecular weight excluding hydrogens is 241 g/mol. The fourth-order valence-corrected chi connectivity index (χ4v) is 1.68. The van der Waals surface area contributed by atoms with E-state index >= 15 is 0 Å². The van der Waals surface area contributed by atoms with E-state index in [0.29, 0.717) is 18.5 Å². The van der Waals surface area contributed by atoms with Gasteiger partial charge in [0.25, 0.3) is 0 Å². The average Bonchev–Trinajstić information content (AvgIpc) is 2.27. The molecule has 0 radical (unpaired) electrons. The molecule has 98 valence electrons. The molecule has 0 aliphatic heterocycles. The van der Waals surface area contributed by atoms with Gasteiger partial charge in [-0.3, -0.25) is 4.98 Å². The van der Waals surface area contributed by atoms with Crippen molar-refractivity contribution >= 4 is 0 Å². The van der Waals surface area contributed by atoms with Crippen LogP contribution in [0.2, 0.25) is 0 Å². The van der Waals surface area contributed by atoms with Crippen LogP contribution in [0.5, 0.6) is 0 Å². The van der Waals surface area contributed by atoms with E-state index in [1.54, 1.807) is 19.9 Å². The van der Waals surface area contributed by atoms with Gasteiger partial charge in [0.1, 0.15) is 6.07 Å². The molecule has 0 saturated heterocycles. The quantitative estimate of drug-likeness (QED) is 0.818. The van der Waals surface area contributed by atoms with Crippen LogP contribution in [0.15, 0.2) is 6.07 Å². The van der Waals surface area contributed by atoms with Crippen LogP contribution in [0, 0.1) is 11.3 Å². The lowest BCUT2D eigenvalue weighted by atomic mass is 9.99. The van der Waals surface area contributed by atoms with E-state index in [9.17, 15) is 13.2 Å². The first kappa shape index (κ1) is 14.5. The minimum absolute atomic E-state index is 0.102. The highest BCUT2D eigenvalue weighted by molar-refractivity contribution is 5.44. The summed E-state index contributed by atoms with van der Waals surface area (Å²) in [5.74, 6) is -0.102. The standard InChI is InChI=1S/C13H15F3N2/c1-4-5-11-9(7-17)10(13(14,15)16)6-12(18-11)8(2)3/h6,8H,4-5H2,1-3H3. The van der Waals surface area contributed by atoms with Gasteiger partial charge >= 0.3 is 6.18 Å². The van der Waals surface area contributed by atoms with Crippen molar-refractivity contribution in [1.82, 2.24) is 4.98 Å². The van der Waals surface area contributed by atoms with Crippen LogP contribution in [-0.2, 0) is 12.6 Å². The second-order valence-electron chi connectivity index (χ2n) is 4.43. The molecule has 0 aromatic carbocycles. The van der Waals surface area contributed by atoms with Gasteiger partial charge < -0.3 is 0 Å². The third kappa shape index (κ3) is 3.00. The van der Waals surface area contributed by atoms with Crippen LogP contribution in [-0.4, -0.2) is 4.98 Å². The second-order valence-corrected chi connectivity index (χ2v) is 4.43. The summed E-state index contributed by atoms with van der Waals surface area (Å²) in [6.07, 6.45) is -3.48. The molecule has 5 heteroatoms. The zero-order valence-corrected chi connectivity index (χ0v) is 10.6. The van der Waals surface area contributed by atoms with Crippen molar-refractivity contribution in [2.75, 3.05) is 0 Å². The van der Waals surface area contributed by atoms with Crippen molar-refractivity contribution in [2.24, 2.45) is 0 Å². The van der Waals surface area contributed by atoms with Crippen LogP contribution < -0.4 is 0 Å². The largest absolute Gasteiger partial charge is 0.417 e. The molecule has 1 heterocycles. The highest BCUT2D eigenvalue weighted by atomic mass is 19.4. The lowest BCUT2D eigenvalue weighted by molar-refractivity contribution is -0.138. The van der Waals surface area contributed by atoms with Crippen LogP contribution in [0.4, 0.5) is 13.2 Å². The molecule has 0 saturated carbocycles. The Morgan fingerprint density at radius 1 is 1.39 bits per heavy atom. The van der Waals surface area contributed by atoms with Crippen LogP contribution in [0.25, 0.3) is 0 Å². The summed E-state index contributed by atoms with van der Waals surface area (Å²) >= 11 is 0. The number of aromatic nitrogens is 1. The Morgan fingerprint density at radius 3 is 2.39 bits per heavy atom. The van der Waals surface area contributed by atoms with Crippen LogP contribution >= 0.6 is 0 Å². The minimum atomic E-state index is -4.51. The van der Waals surface area contributed by atoms with E-state index in [0.717, 1.165) is 6.07 Å². The number of aryl methyl sites for hydroxylation is 1. The molecular formula is C13H15F3N2. The predicted octanol–water partition coefficient (Wildman–Crippen LogP) is 4.05. The van der Waals surface area contributed by atoms with Gasteiger partial charge in [0.15, 0.2) is 0 Å². The fourth-order valence-electron chi connectivity index (χ4n) is 1.68. The van der Waals surface area contributed by atoms with Gasteiger partial charge in [-0.15, -0.1) is 0 Å². The Labute approximate surface area is 104 Å². The lowest BCUT2D eigenvalue weighted by Gasteiger charge is -2.15. The van der Waals surface area contributed by atoms with Gasteiger partial charge in [-0.1, -0.05) is 27.2 Å². The van der Waals surface area contributed by atoms with Crippen molar-refractivity contribution in [3.63, 3.8) is 0 Å². The highest BCUT2D eigenvalue weighted by Gasteiger charge is 2.35. The van der Waals surface area contributed by atoms with Crippen LogP contribution in [0.3, 0.4) is 0 Å². The number of alkyl halides is 3. The number of hydrogen-bond donors (Lipinski definition) is 0. The fraction of sp³-hybridized carbons (Fsp3) is 0.538. The number of rotatable bonds is 3. The average molecular weight is 256 g/mol. The summed E-state index contributed by atoms with van der Waals surface area (Å²) in [6.45, 7) is 5.41. The summed E-state index contributed by atoms with van der Waals surface area (Å²) < 4.78 is 38.8. The third-order valence-corrected chi connectivity index (χ3v) is 2.61. The highest BCUT2D eigenvalue weighted by Crippen LogP contribution is 2.34. The lowest BCUT2D eigenvalue weighted by Crippen LogP contribution is -2.13. The Bertz CT molecular complexity index is 470. The molecule has 0 aliphatic rings. The second kappa shape index (κ2) is 5.38. The molecule has 0 bridgehead atoms. The number of pyridine rings is 1. The Balaban J connectivity index is 3.52. The van der Waals surface area contributed by atoms with Crippen molar-refractivity contribution < 1.29 is 13.2 Å². The van der Waals surface area contributed by atoms with E-state index in [4.69, 9.17) is 5.26 Å². The monoisotopic (exact) mass is 256 g/mol. The normalized spacial score (nSPS) is 11.7. The molecule has 0 aliphatic carbocycles. The molecule has 0 spiro atoms. The first-order valence-corrected chi connectivity index (χ1v) is 5.82. The number of halogens is 3. The topological polar surface area (TPSA) is 36.7 Å². The molecule has 2 nitrogen and oxygen atoms in total. The molecule has 0 unspecified atom stereocenters. The molecule has 0 fully saturated rings. The van der Waals surface area contributed by atoms with Gasteiger partial charge in [-0.2, -0.15) is 18.4 Å². The summed E-state index contributed by atoms with van der Waals surface area (Å²) in [7, 11) is 0. The first-order valence-electron chi connectivity index (χ1n) is 5.82. The number of hydrogen-bond acceptors (Lipinski definition) is 2. The summed E-state index contributed by atoms with van der Waals surface area (Å²) in [4.78, 5) is 4.18. The smallest absolute Gasteiger partial charge is 0.256 e. The molecule has 1 rings (SSSR count). The number of nitriles is 1. The molecule has 0 amide bonds. The Hall–Kier alpha value is -1.57. The molecule has 1 aromatic rings. The summed E-state index contributed by atoms with van der Waals surface area (Å²) in [5.41, 5.74) is -0.579. The zero-order valence-electron chi connectivity index (χ0n) is 10.6. The maximum Gasteiger partial charge on any atom is 0.417 e. The molecule has 18 heavy (non-hydrogen) atoms. The van der Waals surface area contributed by atoms with Gasteiger partial charge in [-0.05, 0) is 18.4 Å².